The summed E-state index contributed by atoms with van der Waals surface area (Å²) in [7, 11) is -0.621. The van der Waals surface area contributed by atoms with Crippen molar-refractivity contribution < 1.29 is 17.1 Å². The van der Waals surface area contributed by atoms with Crippen LogP contribution in [0.4, 0.5) is 5.69 Å². The van der Waals surface area contributed by atoms with E-state index < -0.39 is 7.92 Å². The SMILES string of the molecule is Nc1ccccc1[C]1[CH][CH][CH][C]1P(c1ccccc1)c1ccccc1.[CH]1[CH][CH][CH][CH]1.[Fe+2]. The number of para-hydroxylation sites is 1. The van der Waals surface area contributed by atoms with Gasteiger partial charge in [0.1, 0.15) is 0 Å². The van der Waals surface area contributed by atoms with Gasteiger partial charge in [0, 0.05) is 17.3 Å². The van der Waals surface area contributed by atoms with Crippen molar-refractivity contribution in [2.45, 2.75) is 0 Å². The summed E-state index contributed by atoms with van der Waals surface area (Å²) in [4.78, 5) is 0. The fourth-order valence-electron chi connectivity index (χ4n) is 3.48. The van der Waals surface area contributed by atoms with Crippen molar-refractivity contribution in [3.8, 4) is 0 Å². The zero-order valence-corrected chi connectivity index (χ0v) is 19.1. The first-order valence-corrected chi connectivity index (χ1v) is 11.4. The van der Waals surface area contributed by atoms with E-state index in [0.717, 1.165) is 11.3 Å². The summed E-state index contributed by atoms with van der Waals surface area (Å²) in [5.41, 5.74) is 9.56. The molecule has 3 aromatic rings. The molecule has 0 aromatic heterocycles. The summed E-state index contributed by atoms with van der Waals surface area (Å²) < 4.78 is 0. The molecular weight excluding hydrogens is 437 g/mol. The summed E-state index contributed by atoms with van der Waals surface area (Å²) >= 11 is 0. The van der Waals surface area contributed by atoms with Crippen LogP contribution in [0.25, 0.3) is 0 Å². The van der Waals surface area contributed by atoms with E-state index in [4.69, 9.17) is 5.73 Å². The summed E-state index contributed by atoms with van der Waals surface area (Å²) in [6.07, 6.45) is 16.6. The van der Waals surface area contributed by atoms with Crippen LogP contribution in [0.5, 0.6) is 0 Å². The van der Waals surface area contributed by atoms with Crippen molar-refractivity contribution in [3.05, 3.63) is 153 Å². The van der Waals surface area contributed by atoms with E-state index in [1.807, 2.05) is 44.2 Å². The number of benzene rings is 3. The Morgan fingerprint density at radius 1 is 0.516 bits per heavy atom. The fraction of sp³-hybridized carbons (Fsp3) is 0. The molecule has 152 valence electrons. The van der Waals surface area contributed by atoms with Crippen molar-refractivity contribution in [1.82, 2.24) is 0 Å². The summed E-state index contributed by atoms with van der Waals surface area (Å²) in [5.74, 6) is 1.23. The topological polar surface area (TPSA) is 26.0 Å². The van der Waals surface area contributed by atoms with Gasteiger partial charge in [-0.05, 0) is 81.5 Å². The number of hydrogen-bond acceptors (Lipinski definition) is 1. The first kappa shape index (κ1) is 24.1. The Morgan fingerprint density at radius 2 is 1.00 bits per heavy atom. The molecule has 31 heavy (non-hydrogen) atoms. The van der Waals surface area contributed by atoms with Gasteiger partial charge in [0.25, 0.3) is 0 Å². The Bertz CT molecular complexity index is 848. The quantitative estimate of drug-likeness (QED) is 0.310. The van der Waals surface area contributed by atoms with E-state index in [1.165, 1.54) is 22.2 Å². The Balaban J connectivity index is 0.000000401. The van der Waals surface area contributed by atoms with Gasteiger partial charge in [0.2, 0.25) is 0 Å². The van der Waals surface area contributed by atoms with Crippen LogP contribution in [0.1, 0.15) is 5.56 Å². The van der Waals surface area contributed by atoms with Crippen molar-refractivity contribution in [2.75, 3.05) is 5.73 Å². The van der Waals surface area contributed by atoms with Gasteiger partial charge < -0.3 is 5.73 Å². The van der Waals surface area contributed by atoms with Gasteiger partial charge in [0.15, 0.2) is 0 Å². The van der Waals surface area contributed by atoms with Gasteiger partial charge in [-0.3, -0.25) is 0 Å². The average molecular weight is 461 g/mol. The van der Waals surface area contributed by atoms with Crippen molar-refractivity contribution in [1.29, 1.82) is 0 Å². The molecule has 0 unspecified atom stereocenters. The maximum absolute atomic E-state index is 6.27. The van der Waals surface area contributed by atoms with E-state index in [2.05, 4.69) is 92.1 Å². The maximum atomic E-state index is 6.27. The molecule has 3 heteroatoms. The Morgan fingerprint density at radius 3 is 1.52 bits per heavy atom. The fourth-order valence-corrected chi connectivity index (χ4v) is 5.94. The third-order valence-electron chi connectivity index (χ3n) is 4.87. The van der Waals surface area contributed by atoms with Gasteiger partial charge in [-0.25, -0.2) is 0 Å². The van der Waals surface area contributed by atoms with E-state index in [0.29, 0.717) is 0 Å². The second kappa shape index (κ2) is 12.4. The summed E-state index contributed by atoms with van der Waals surface area (Å²) in [5, 5.41) is 2.70. The third-order valence-corrected chi connectivity index (χ3v) is 7.37. The van der Waals surface area contributed by atoms with Gasteiger partial charge in [-0.15, -0.1) is 0 Å². The van der Waals surface area contributed by atoms with Crippen LogP contribution < -0.4 is 16.3 Å². The van der Waals surface area contributed by atoms with Crippen LogP contribution in [0.3, 0.4) is 0 Å². The Labute approximate surface area is 200 Å². The van der Waals surface area contributed by atoms with E-state index in [1.54, 1.807) is 0 Å². The molecule has 0 amide bonds. The first-order chi connectivity index (χ1) is 14.8. The molecule has 0 spiro atoms. The van der Waals surface area contributed by atoms with E-state index >= 15 is 0 Å². The molecule has 0 saturated heterocycles. The summed E-state index contributed by atoms with van der Waals surface area (Å²) in [6, 6.07) is 29.6. The standard InChI is InChI=1S/C23H19NP.C5H5.Fe/c24-22-16-8-7-14-20(22)21-15-9-17-23(21)25(18-10-3-1-4-11-18)19-12-5-2-6-13-19;1-2-4-5-3-1;/h1-17H,24H2;1-5H;/q;;+2. The second-order valence-electron chi connectivity index (χ2n) is 6.88. The van der Waals surface area contributed by atoms with Crippen LogP contribution in [-0.4, -0.2) is 0 Å². The maximum Gasteiger partial charge on any atom is 2.00 e. The zero-order valence-electron chi connectivity index (χ0n) is 17.1. The smallest absolute Gasteiger partial charge is 0.398 e. The normalized spacial score (nSPS) is 16.5. The molecule has 2 N–H and O–H groups in total. The molecule has 2 saturated carbocycles. The predicted molar refractivity (Wildman–Crippen MR) is 130 cm³/mol. The van der Waals surface area contributed by atoms with Crippen molar-refractivity contribution in [2.24, 2.45) is 0 Å². The van der Waals surface area contributed by atoms with Gasteiger partial charge >= 0.3 is 17.1 Å². The van der Waals surface area contributed by atoms with Crippen LogP contribution in [0.15, 0.2) is 84.9 Å². The van der Waals surface area contributed by atoms with Gasteiger partial charge in [-0.2, -0.15) is 0 Å². The monoisotopic (exact) mass is 461 g/mol. The Hall–Kier alpha value is -1.59. The molecular formula is C28H24FeNP+2. The largest absolute Gasteiger partial charge is 2.00 e. The number of anilines is 1. The summed E-state index contributed by atoms with van der Waals surface area (Å²) in [6.45, 7) is 0. The average Bonchev–Trinajstić information content (AvgIpc) is 3.52. The molecule has 3 aromatic carbocycles. The van der Waals surface area contributed by atoms with Crippen LogP contribution in [0.2, 0.25) is 0 Å². The third kappa shape index (κ3) is 6.23. The minimum Gasteiger partial charge on any atom is -0.398 e. The van der Waals surface area contributed by atoms with Gasteiger partial charge in [-0.1, -0.05) is 78.9 Å². The molecule has 0 atom stereocenters. The van der Waals surface area contributed by atoms with Gasteiger partial charge in [0.05, 0.1) is 0 Å². The van der Waals surface area contributed by atoms with Crippen molar-refractivity contribution >= 4 is 24.2 Å². The molecule has 1 nitrogen and oxygen atoms in total. The van der Waals surface area contributed by atoms with E-state index in [-0.39, 0.29) is 17.1 Å². The molecule has 0 bridgehead atoms. The number of rotatable bonds is 4. The zero-order chi connectivity index (χ0) is 20.6. The Kier molecular flexibility index (Phi) is 9.66. The second-order valence-corrected chi connectivity index (χ2v) is 9.07. The molecule has 10 radical (unpaired) electrons. The van der Waals surface area contributed by atoms with Crippen LogP contribution >= 0.6 is 7.92 Å². The predicted octanol–water partition coefficient (Wildman–Crippen LogP) is 5.50. The number of nitrogen functional groups attached to an aromatic ring is 1. The molecule has 5 rings (SSSR count). The minimum absolute atomic E-state index is 0. The molecule has 2 aliphatic rings. The number of nitrogens with two attached hydrogens (primary N) is 1. The molecule has 2 fully saturated rings. The first-order valence-electron chi connectivity index (χ1n) is 10.0. The van der Waals surface area contributed by atoms with Crippen LogP contribution in [0, 0.1) is 62.9 Å². The van der Waals surface area contributed by atoms with Crippen molar-refractivity contribution in [3.63, 3.8) is 0 Å². The van der Waals surface area contributed by atoms with Crippen LogP contribution in [-0.2, 0) is 17.1 Å². The molecule has 2 aliphatic carbocycles. The number of hydrogen-bond donors (Lipinski definition) is 1. The molecule has 0 heterocycles. The minimum atomic E-state index is -0.621. The van der Waals surface area contributed by atoms with E-state index in [9.17, 15) is 0 Å². The molecule has 0 aliphatic heterocycles.